The minimum absolute atomic E-state index is 0.0579. The minimum atomic E-state index is -0.0579. The second kappa shape index (κ2) is 4.59. The van der Waals surface area contributed by atoms with Crippen LogP contribution in [0.2, 0.25) is 0 Å². The van der Waals surface area contributed by atoms with Gasteiger partial charge in [-0.2, -0.15) is 0 Å². The second-order valence-corrected chi connectivity index (χ2v) is 4.80. The van der Waals surface area contributed by atoms with Gasteiger partial charge in [0.05, 0.1) is 0 Å². The number of aromatic nitrogens is 3. The van der Waals surface area contributed by atoms with Gasteiger partial charge in [0.15, 0.2) is 0 Å². The van der Waals surface area contributed by atoms with Crippen LogP contribution in [0, 0.1) is 6.92 Å². The molecule has 3 rings (SSSR count). The number of hydrogen-bond acceptors (Lipinski definition) is 4. The number of hydrogen-bond donors (Lipinski definition) is 1. The van der Waals surface area contributed by atoms with Crippen molar-refractivity contribution in [2.24, 2.45) is 7.05 Å². The lowest BCUT2D eigenvalue weighted by atomic mass is 10.0. The predicted molar refractivity (Wildman–Crippen MR) is 75.0 cm³/mol. The maximum Gasteiger partial charge on any atom is 0.277 e. The average molecular weight is 256 g/mol. The van der Waals surface area contributed by atoms with Gasteiger partial charge in [-0.1, -0.05) is 6.08 Å². The molecule has 0 radical (unpaired) electrons. The predicted octanol–water partition coefficient (Wildman–Crippen LogP) is 1.01. The summed E-state index contributed by atoms with van der Waals surface area (Å²) in [5, 5.41) is 4.08. The Morgan fingerprint density at radius 2 is 2.26 bits per heavy atom. The Morgan fingerprint density at radius 3 is 3.00 bits per heavy atom. The van der Waals surface area contributed by atoms with Gasteiger partial charge >= 0.3 is 0 Å². The van der Waals surface area contributed by atoms with E-state index in [2.05, 4.69) is 21.4 Å². The third-order valence-corrected chi connectivity index (χ3v) is 3.49. The summed E-state index contributed by atoms with van der Waals surface area (Å²) >= 11 is 0. The molecule has 2 aromatic rings. The van der Waals surface area contributed by atoms with Crippen LogP contribution < -0.4 is 10.9 Å². The third-order valence-electron chi connectivity index (χ3n) is 3.49. The summed E-state index contributed by atoms with van der Waals surface area (Å²) < 4.78 is 1.69. The Labute approximate surface area is 111 Å². The van der Waals surface area contributed by atoms with Crippen LogP contribution in [0.3, 0.4) is 0 Å². The fraction of sp³-hybridized carbons (Fsp3) is 0.357. The molecule has 0 atom stereocenters. The van der Waals surface area contributed by atoms with E-state index in [1.165, 1.54) is 5.57 Å². The van der Waals surface area contributed by atoms with Crippen LogP contribution in [0.25, 0.3) is 16.5 Å². The highest BCUT2D eigenvalue weighted by molar-refractivity contribution is 5.81. The normalized spacial score (nSPS) is 15.6. The van der Waals surface area contributed by atoms with Crippen molar-refractivity contribution in [2.45, 2.75) is 13.3 Å². The first-order chi connectivity index (χ1) is 9.16. The van der Waals surface area contributed by atoms with Crippen molar-refractivity contribution in [1.82, 2.24) is 19.9 Å². The van der Waals surface area contributed by atoms with E-state index >= 15 is 0 Å². The Bertz CT molecular complexity index is 730. The summed E-state index contributed by atoms with van der Waals surface area (Å²) in [7, 11) is 1.80. The van der Waals surface area contributed by atoms with Gasteiger partial charge in [-0.3, -0.25) is 4.79 Å². The fourth-order valence-corrected chi connectivity index (χ4v) is 2.43. The molecule has 0 amide bonds. The molecule has 19 heavy (non-hydrogen) atoms. The molecule has 0 saturated carbocycles. The molecule has 0 aromatic carbocycles. The van der Waals surface area contributed by atoms with E-state index < -0.39 is 0 Å². The Morgan fingerprint density at radius 1 is 1.42 bits per heavy atom. The molecular formula is C14H16N4O. The summed E-state index contributed by atoms with van der Waals surface area (Å²) in [6, 6.07) is 2.01. The van der Waals surface area contributed by atoms with Crippen molar-refractivity contribution in [3.8, 4) is 0 Å². The number of fused-ring (bicyclic) bond motifs is 1. The third kappa shape index (κ3) is 2.06. The van der Waals surface area contributed by atoms with Crippen LogP contribution in [-0.4, -0.2) is 27.6 Å². The van der Waals surface area contributed by atoms with E-state index in [9.17, 15) is 4.79 Å². The van der Waals surface area contributed by atoms with Crippen LogP contribution in [0.15, 0.2) is 23.1 Å². The molecule has 2 aromatic heterocycles. The highest BCUT2D eigenvalue weighted by Gasteiger charge is 2.13. The van der Waals surface area contributed by atoms with Crippen molar-refractivity contribution in [3.05, 3.63) is 40.2 Å². The molecule has 0 fully saturated rings. The molecule has 0 unspecified atom stereocenters. The molecule has 0 saturated heterocycles. The molecule has 5 heteroatoms. The SMILES string of the molecule is Cc1ncc2cc(C3=CCNCC3)n(C)c(=O)c2n1. The van der Waals surface area contributed by atoms with E-state index in [1.54, 1.807) is 24.7 Å². The standard InChI is InChI=1S/C14H16N4O/c1-9-16-8-11-7-12(10-3-5-15-6-4-10)18(2)14(19)13(11)17-9/h3,7-8,15H,4-6H2,1-2H3. The van der Waals surface area contributed by atoms with E-state index in [1.807, 2.05) is 6.07 Å². The first kappa shape index (κ1) is 12.0. The molecule has 0 spiro atoms. The molecule has 1 N–H and O–H groups in total. The van der Waals surface area contributed by atoms with Crippen LogP contribution in [-0.2, 0) is 7.05 Å². The zero-order chi connectivity index (χ0) is 13.4. The summed E-state index contributed by atoms with van der Waals surface area (Å²) in [6.45, 7) is 3.59. The van der Waals surface area contributed by atoms with Gasteiger partial charge in [0.25, 0.3) is 5.56 Å². The molecule has 1 aliphatic heterocycles. The smallest absolute Gasteiger partial charge is 0.277 e. The average Bonchev–Trinajstić information content (AvgIpc) is 2.44. The zero-order valence-corrected chi connectivity index (χ0v) is 11.1. The van der Waals surface area contributed by atoms with Gasteiger partial charge in [-0.15, -0.1) is 0 Å². The summed E-state index contributed by atoms with van der Waals surface area (Å²) in [5.74, 6) is 0.624. The molecule has 5 nitrogen and oxygen atoms in total. The fourth-order valence-electron chi connectivity index (χ4n) is 2.43. The van der Waals surface area contributed by atoms with Gasteiger partial charge in [-0.05, 0) is 31.5 Å². The van der Waals surface area contributed by atoms with Gasteiger partial charge in [0.1, 0.15) is 11.3 Å². The van der Waals surface area contributed by atoms with Crippen LogP contribution in [0.1, 0.15) is 17.9 Å². The largest absolute Gasteiger partial charge is 0.313 e. The second-order valence-electron chi connectivity index (χ2n) is 4.80. The maximum atomic E-state index is 12.4. The van der Waals surface area contributed by atoms with E-state index in [4.69, 9.17) is 0 Å². The van der Waals surface area contributed by atoms with Crippen molar-refractivity contribution < 1.29 is 0 Å². The number of aryl methyl sites for hydroxylation is 1. The lowest BCUT2D eigenvalue weighted by Crippen LogP contribution is -2.25. The van der Waals surface area contributed by atoms with E-state index in [0.29, 0.717) is 11.3 Å². The maximum absolute atomic E-state index is 12.4. The van der Waals surface area contributed by atoms with Crippen LogP contribution in [0.5, 0.6) is 0 Å². The minimum Gasteiger partial charge on any atom is -0.313 e. The van der Waals surface area contributed by atoms with Crippen LogP contribution in [0.4, 0.5) is 0 Å². The first-order valence-electron chi connectivity index (χ1n) is 6.40. The van der Waals surface area contributed by atoms with Crippen LogP contribution >= 0.6 is 0 Å². The van der Waals surface area contributed by atoms with Crippen molar-refractivity contribution >= 4 is 16.5 Å². The summed E-state index contributed by atoms with van der Waals surface area (Å²) in [5.41, 5.74) is 2.61. The highest BCUT2D eigenvalue weighted by Crippen LogP contribution is 2.20. The first-order valence-corrected chi connectivity index (χ1v) is 6.40. The Balaban J connectivity index is 2.27. The molecule has 3 heterocycles. The molecular weight excluding hydrogens is 240 g/mol. The lowest BCUT2D eigenvalue weighted by Gasteiger charge is -2.17. The number of nitrogens with zero attached hydrogens (tertiary/aromatic N) is 3. The van der Waals surface area contributed by atoms with Crippen molar-refractivity contribution in [1.29, 1.82) is 0 Å². The van der Waals surface area contributed by atoms with Gasteiger partial charge in [-0.25, -0.2) is 9.97 Å². The summed E-state index contributed by atoms with van der Waals surface area (Å²) in [4.78, 5) is 20.8. The summed E-state index contributed by atoms with van der Waals surface area (Å²) in [6.07, 6.45) is 4.80. The molecule has 1 aliphatic rings. The van der Waals surface area contributed by atoms with E-state index in [-0.39, 0.29) is 5.56 Å². The lowest BCUT2D eigenvalue weighted by molar-refractivity contribution is 0.728. The van der Waals surface area contributed by atoms with Gasteiger partial charge in [0.2, 0.25) is 0 Å². The highest BCUT2D eigenvalue weighted by atomic mass is 16.1. The molecule has 0 aliphatic carbocycles. The Hall–Kier alpha value is -2.01. The molecule has 98 valence electrons. The quantitative estimate of drug-likeness (QED) is 0.827. The topological polar surface area (TPSA) is 59.8 Å². The number of pyridine rings is 1. The van der Waals surface area contributed by atoms with E-state index in [0.717, 1.165) is 30.6 Å². The van der Waals surface area contributed by atoms with Gasteiger partial charge < -0.3 is 9.88 Å². The monoisotopic (exact) mass is 256 g/mol. The van der Waals surface area contributed by atoms with Crippen molar-refractivity contribution in [2.75, 3.05) is 13.1 Å². The number of nitrogens with one attached hydrogen (secondary N) is 1. The zero-order valence-electron chi connectivity index (χ0n) is 11.1. The van der Waals surface area contributed by atoms with Gasteiger partial charge in [0, 0.05) is 30.9 Å². The number of rotatable bonds is 1. The molecule has 0 bridgehead atoms. The van der Waals surface area contributed by atoms with Crippen molar-refractivity contribution in [3.63, 3.8) is 0 Å². The Kier molecular flexibility index (Phi) is 2.91.